The van der Waals surface area contributed by atoms with Gasteiger partial charge >= 0.3 is 5.97 Å². The molecule has 3 rings (SSSR count). The first-order chi connectivity index (χ1) is 15.3. The van der Waals surface area contributed by atoms with E-state index in [2.05, 4.69) is 32.6 Å². The van der Waals surface area contributed by atoms with Crippen molar-refractivity contribution in [2.45, 2.75) is 12.8 Å². The maximum Gasteiger partial charge on any atom is 0.319 e. The number of esters is 1. The average Bonchev–Trinajstić information content (AvgIpc) is 2.78. The van der Waals surface area contributed by atoms with Gasteiger partial charge in [-0.05, 0) is 36.2 Å². The molecule has 1 aliphatic rings. The summed E-state index contributed by atoms with van der Waals surface area (Å²) in [4.78, 5) is 37.7. The molecule has 0 unspecified atom stereocenters. The van der Waals surface area contributed by atoms with E-state index in [-0.39, 0.29) is 22.3 Å². The summed E-state index contributed by atoms with van der Waals surface area (Å²) in [7, 11) is 1.20. The number of hydrogen-bond donors (Lipinski definition) is 2. The van der Waals surface area contributed by atoms with Gasteiger partial charge in [0, 0.05) is 16.1 Å². The minimum absolute atomic E-state index is 0.0246. The van der Waals surface area contributed by atoms with Crippen molar-refractivity contribution in [2.24, 2.45) is 5.92 Å². The van der Waals surface area contributed by atoms with Gasteiger partial charge in [0.1, 0.15) is 5.92 Å². The highest BCUT2D eigenvalue weighted by molar-refractivity contribution is 9.10. The first-order valence-electron chi connectivity index (χ1n) is 9.62. The fourth-order valence-corrected chi connectivity index (χ4v) is 4.68. The van der Waals surface area contributed by atoms with E-state index in [1.807, 2.05) is 25.1 Å². The minimum Gasteiger partial charge on any atom is -0.468 e. The number of benzene rings is 2. The van der Waals surface area contributed by atoms with Crippen LogP contribution in [0.3, 0.4) is 0 Å². The summed E-state index contributed by atoms with van der Waals surface area (Å²) in [5.74, 6) is -3.67. The van der Waals surface area contributed by atoms with E-state index < -0.39 is 23.7 Å². The van der Waals surface area contributed by atoms with E-state index in [1.165, 1.54) is 7.11 Å². The highest BCUT2D eigenvalue weighted by Gasteiger charge is 2.44. The molecule has 0 radical (unpaired) electrons. The van der Waals surface area contributed by atoms with Crippen LogP contribution in [-0.4, -0.2) is 30.6 Å². The Bertz CT molecular complexity index is 1140. The number of ether oxygens (including phenoxy) is 1. The van der Waals surface area contributed by atoms with E-state index in [4.69, 9.17) is 4.74 Å². The number of methoxy groups -OCH3 is 1. The van der Waals surface area contributed by atoms with Crippen molar-refractivity contribution < 1.29 is 19.1 Å². The highest BCUT2D eigenvalue weighted by Crippen LogP contribution is 2.40. The SMILES string of the molecule is COC(=O)[C@H]1C(=O)NC(SCC(=O)Nc2ccccc2C)=C(C#N)[C@H]1c1cccc(Br)c1. The third-order valence-electron chi connectivity index (χ3n) is 4.96. The Morgan fingerprint density at radius 2 is 2.00 bits per heavy atom. The average molecular weight is 514 g/mol. The summed E-state index contributed by atoms with van der Waals surface area (Å²) in [6.07, 6.45) is 0. The van der Waals surface area contributed by atoms with E-state index >= 15 is 0 Å². The number of carbonyl (C=O) groups is 3. The first-order valence-corrected chi connectivity index (χ1v) is 11.4. The number of nitriles is 1. The van der Waals surface area contributed by atoms with Crippen LogP contribution in [0.4, 0.5) is 5.69 Å². The molecule has 32 heavy (non-hydrogen) atoms. The van der Waals surface area contributed by atoms with Crippen LogP contribution in [0.5, 0.6) is 0 Å². The topological polar surface area (TPSA) is 108 Å². The van der Waals surface area contributed by atoms with Gasteiger partial charge in [-0.1, -0.05) is 58.0 Å². The molecule has 2 amide bonds. The number of para-hydroxylation sites is 1. The number of thioether (sulfide) groups is 1. The van der Waals surface area contributed by atoms with Gasteiger partial charge in [-0.3, -0.25) is 14.4 Å². The molecule has 7 nitrogen and oxygen atoms in total. The van der Waals surface area contributed by atoms with Crippen molar-refractivity contribution in [1.82, 2.24) is 5.32 Å². The number of carbonyl (C=O) groups excluding carboxylic acids is 3. The maximum absolute atomic E-state index is 12.8. The maximum atomic E-state index is 12.8. The van der Waals surface area contributed by atoms with Crippen molar-refractivity contribution >= 4 is 51.2 Å². The molecule has 2 aromatic carbocycles. The summed E-state index contributed by atoms with van der Waals surface area (Å²) in [5.41, 5.74) is 2.43. The monoisotopic (exact) mass is 513 g/mol. The number of rotatable bonds is 6. The van der Waals surface area contributed by atoms with E-state index in [0.717, 1.165) is 21.8 Å². The zero-order valence-corrected chi connectivity index (χ0v) is 19.7. The van der Waals surface area contributed by atoms with E-state index in [9.17, 15) is 19.6 Å². The normalized spacial score (nSPS) is 17.9. The summed E-state index contributed by atoms with van der Waals surface area (Å²) >= 11 is 4.43. The second kappa shape index (κ2) is 10.5. The molecule has 0 saturated heterocycles. The molecular weight excluding hydrogens is 494 g/mol. The third kappa shape index (κ3) is 5.21. The molecule has 2 N–H and O–H groups in total. The van der Waals surface area contributed by atoms with Crippen molar-refractivity contribution in [3.63, 3.8) is 0 Å². The Kier molecular flexibility index (Phi) is 7.72. The summed E-state index contributed by atoms with van der Waals surface area (Å²) in [6, 6.07) is 16.6. The number of nitrogens with zero attached hydrogens (tertiary/aromatic N) is 1. The van der Waals surface area contributed by atoms with Gasteiger partial charge in [-0.2, -0.15) is 5.26 Å². The molecule has 0 saturated carbocycles. The molecule has 0 aliphatic carbocycles. The molecule has 1 aliphatic heterocycles. The van der Waals surface area contributed by atoms with Crippen molar-refractivity contribution in [1.29, 1.82) is 5.26 Å². The Morgan fingerprint density at radius 3 is 2.66 bits per heavy atom. The highest BCUT2D eigenvalue weighted by atomic mass is 79.9. The van der Waals surface area contributed by atoms with Gasteiger partial charge in [0.05, 0.1) is 29.5 Å². The quantitative estimate of drug-likeness (QED) is 0.448. The summed E-state index contributed by atoms with van der Waals surface area (Å²) < 4.78 is 5.58. The van der Waals surface area contributed by atoms with Gasteiger partial charge in [0.25, 0.3) is 0 Å². The Morgan fingerprint density at radius 1 is 1.25 bits per heavy atom. The lowest BCUT2D eigenvalue weighted by atomic mass is 9.78. The van der Waals surface area contributed by atoms with Crippen molar-refractivity contribution in [3.8, 4) is 6.07 Å². The smallest absolute Gasteiger partial charge is 0.319 e. The van der Waals surface area contributed by atoms with Gasteiger partial charge in [0.15, 0.2) is 0 Å². The number of allylic oxidation sites excluding steroid dienone is 1. The zero-order chi connectivity index (χ0) is 23.3. The number of aryl methyl sites for hydroxylation is 1. The fourth-order valence-electron chi connectivity index (χ4n) is 3.42. The Balaban J connectivity index is 1.90. The standard InChI is InChI=1S/C23H20BrN3O4S/c1-13-6-3-4-9-17(13)26-18(28)12-32-22-16(11-25)19(14-7-5-8-15(24)10-14)20(21(29)27-22)23(30)31-2/h3-10,19-20H,12H2,1-2H3,(H,26,28)(H,27,29)/t19-,20-/m1/s1. The van der Waals surface area contributed by atoms with Crippen LogP contribution >= 0.6 is 27.7 Å². The van der Waals surface area contributed by atoms with Crippen LogP contribution in [0, 0.1) is 24.2 Å². The van der Waals surface area contributed by atoms with Crippen molar-refractivity contribution in [3.05, 3.63) is 74.7 Å². The zero-order valence-electron chi connectivity index (χ0n) is 17.3. The number of nitrogens with one attached hydrogen (secondary N) is 2. The Labute approximate surface area is 198 Å². The predicted octanol–water partition coefficient (Wildman–Crippen LogP) is 3.87. The van der Waals surface area contributed by atoms with Crippen LogP contribution in [0.1, 0.15) is 17.0 Å². The largest absolute Gasteiger partial charge is 0.468 e. The molecule has 0 fully saturated rings. The summed E-state index contributed by atoms with van der Waals surface area (Å²) in [6.45, 7) is 1.88. The molecule has 0 bridgehead atoms. The number of anilines is 1. The lowest BCUT2D eigenvalue weighted by Crippen LogP contribution is -2.44. The first kappa shape index (κ1) is 23.6. The van der Waals surface area contributed by atoms with Crippen LogP contribution in [0.15, 0.2) is 63.6 Å². The number of halogens is 1. The molecule has 9 heteroatoms. The van der Waals surface area contributed by atoms with Crippen LogP contribution in [0.25, 0.3) is 0 Å². The second-order valence-electron chi connectivity index (χ2n) is 7.03. The van der Waals surface area contributed by atoms with E-state index in [0.29, 0.717) is 11.3 Å². The number of amides is 2. The molecule has 0 aromatic heterocycles. The Hall–Kier alpha value is -3.09. The molecule has 2 atom stereocenters. The lowest BCUT2D eigenvalue weighted by molar-refractivity contribution is -0.150. The molecule has 164 valence electrons. The predicted molar refractivity (Wildman–Crippen MR) is 125 cm³/mol. The van der Waals surface area contributed by atoms with Crippen LogP contribution in [0.2, 0.25) is 0 Å². The number of hydrogen-bond acceptors (Lipinski definition) is 6. The molecule has 1 heterocycles. The third-order valence-corrected chi connectivity index (χ3v) is 6.47. The lowest BCUT2D eigenvalue weighted by Gasteiger charge is -2.31. The minimum atomic E-state index is -1.21. The van der Waals surface area contributed by atoms with Gasteiger partial charge in [-0.15, -0.1) is 0 Å². The van der Waals surface area contributed by atoms with Crippen LogP contribution in [-0.2, 0) is 19.1 Å². The second-order valence-corrected chi connectivity index (χ2v) is 8.93. The summed E-state index contributed by atoms with van der Waals surface area (Å²) in [5, 5.41) is 15.6. The fraction of sp³-hybridized carbons (Fsp3) is 0.217. The van der Waals surface area contributed by atoms with E-state index in [1.54, 1.807) is 30.3 Å². The molecule has 2 aromatic rings. The van der Waals surface area contributed by atoms with Crippen LogP contribution < -0.4 is 10.6 Å². The van der Waals surface area contributed by atoms with Crippen molar-refractivity contribution in [2.75, 3.05) is 18.2 Å². The molecular formula is C23H20BrN3O4S. The molecule has 0 spiro atoms. The van der Waals surface area contributed by atoms with Gasteiger partial charge < -0.3 is 15.4 Å². The van der Waals surface area contributed by atoms with Gasteiger partial charge in [0.2, 0.25) is 11.8 Å². The van der Waals surface area contributed by atoms with Gasteiger partial charge in [-0.25, -0.2) is 0 Å².